The number of anilines is 2. The number of piperidine rings is 1. The van der Waals surface area contributed by atoms with Gasteiger partial charge >= 0.3 is 0 Å². The van der Waals surface area contributed by atoms with Crippen LogP contribution in [0.5, 0.6) is 0 Å². The first kappa shape index (κ1) is 16.9. The lowest BCUT2D eigenvalue weighted by Crippen LogP contribution is -2.39. The van der Waals surface area contributed by atoms with E-state index >= 15 is 0 Å². The maximum Gasteiger partial charge on any atom is 0.272 e. The minimum absolute atomic E-state index is 0.0143. The molecule has 2 aromatic rings. The van der Waals surface area contributed by atoms with Crippen LogP contribution in [0.15, 0.2) is 34.9 Å². The number of aryl methyl sites for hydroxylation is 1. The summed E-state index contributed by atoms with van der Waals surface area (Å²) in [5.41, 5.74) is 2.44. The van der Waals surface area contributed by atoms with Crippen molar-refractivity contribution in [3.05, 3.63) is 46.2 Å². The Morgan fingerprint density at radius 2 is 2.21 bits per heavy atom. The highest BCUT2D eigenvalue weighted by Crippen LogP contribution is 2.23. The van der Waals surface area contributed by atoms with E-state index in [0.29, 0.717) is 17.6 Å². The predicted molar refractivity (Wildman–Crippen MR) is 98.5 cm³/mol. The minimum atomic E-state index is -0.0143. The van der Waals surface area contributed by atoms with Gasteiger partial charge in [-0.1, -0.05) is 22.9 Å². The van der Waals surface area contributed by atoms with Gasteiger partial charge in [-0.05, 0) is 55.5 Å². The quantitative estimate of drug-likeness (QED) is 0.857. The molecular weight excluding hydrogens is 368 g/mol. The molecule has 126 valence electrons. The lowest BCUT2D eigenvalue weighted by molar-refractivity contribution is 0.0677. The molecule has 1 N–H and O–H groups in total. The van der Waals surface area contributed by atoms with Crippen molar-refractivity contribution >= 4 is 33.5 Å². The summed E-state index contributed by atoms with van der Waals surface area (Å²) in [5.74, 6) is 0.975. The van der Waals surface area contributed by atoms with E-state index in [4.69, 9.17) is 0 Å². The number of rotatable bonds is 3. The van der Waals surface area contributed by atoms with Crippen LogP contribution in [0.25, 0.3) is 0 Å². The highest BCUT2D eigenvalue weighted by atomic mass is 79.9. The Morgan fingerprint density at radius 3 is 2.96 bits per heavy atom. The standard InChI is InChI=1S/C18H21BrN4O/c1-12-4-3-9-23(11-12)17(24)16-7-8-20-18(22-16)21-15-6-5-14(19)10-13(15)2/h5-8,10,12H,3-4,9,11H2,1-2H3,(H,20,21,22). The summed E-state index contributed by atoms with van der Waals surface area (Å²) in [5, 5.41) is 3.19. The van der Waals surface area contributed by atoms with Crippen molar-refractivity contribution in [2.24, 2.45) is 5.92 Å². The van der Waals surface area contributed by atoms with E-state index in [1.54, 1.807) is 12.3 Å². The van der Waals surface area contributed by atoms with Gasteiger partial charge in [0.2, 0.25) is 5.95 Å². The third kappa shape index (κ3) is 3.93. The van der Waals surface area contributed by atoms with E-state index in [1.165, 1.54) is 6.42 Å². The Labute approximate surface area is 150 Å². The Hall–Kier alpha value is -1.95. The first-order valence-electron chi connectivity index (χ1n) is 8.18. The van der Waals surface area contributed by atoms with E-state index in [2.05, 4.69) is 38.1 Å². The molecule has 0 aliphatic carbocycles. The molecule has 1 atom stereocenters. The van der Waals surface area contributed by atoms with Gasteiger partial charge in [0.15, 0.2) is 0 Å². The smallest absolute Gasteiger partial charge is 0.272 e. The van der Waals surface area contributed by atoms with Gasteiger partial charge in [-0.15, -0.1) is 0 Å². The van der Waals surface area contributed by atoms with Crippen molar-refractivity contribution in [1.82, 2.24) is 14.9 Å². The van der Waals surface area contributed by atoms with E-state index in [0.717, 1.165) is 35.2 Å². The van der Waals surface area contributed by atoms with Crippen molar-refractivity contribution in [1.29, 1.82) is 0 Å². The van der Waals surface area contributed by atoms with Gasteiger partial charge in [0.05, 0.1) is 0 Å². The van der Waals surface area contributed by atoms with Crippen LogP contribution in [0.2, 0.25) is 0 Å². The van der Waals surface area contributed by atoms with Crippen LogP contribution in [0.4, 0.5) is 11.6 Å². The molecule has 0 spiro atoms. The second-order valence-electron chi connectivity index (χ2n) is 6.35. The van der Waals surface area contributed by atoms with Gasteiger partial charge < -0.3 is 10.2 Å². The zero-order chi connectivity index (χ0) is 17.1. The van der Waals surface area contributed by atoms with Crippen LogP contribution in [-0.2, 0) is 0 Å². The van der Waals surface area contributed by atoms with E-state index in [1.807, 2.05) is 30.0 Å². The molecule has 0 radical (unpaired) electrons. The second-order valence-corrected chi connectivity index (χ2v) is 7.26. The van der Waals surface area contributed by atoms with Crippen molar-refractivity contribution in [2.75, 3.05) is 18.4 Å². The Kier molecular flexibility index (Phi) is 5.14. The summed E-state index contributed by atoms with van der Waals surface area (Å²) in [6.07, 6.45) is 3.87. The molecule has 5 nitrogen and oxygen atoms in total. The van der Waals surface area contributed by atoms with Crippen molar-refractivity contribution in [3.8, 4) is 0 Å². The first-order valence-corrected chi connectivity index (χ1v) is 8.98. The molecule has 1 aliphatic rings. The van der Waals surface area contributed by atoms with Crippen LogP contribution in [-0.4, -0.2) is 33.9 Å². The monoisotopic (exact) mass is 388 g/mol. The van der Waals surface area contributed by atoms with Crippen molar-refractivity contribution in [3.63, 3.8) is 0 Å². The second kappa shape index (κ2) is 7.30. The van der Waals surface area contributed by atoms with Crippen LogP contribution in [0.3, 0.4) is 0 Å². The number of halogens is 1. The summed E-state index contributed by atoms with van der Waals surface area (Å²) >= 11 is 3.45. The maximum absolute atomic E-state index is 12.7. The topological polar surface area (TPSA) is 58.1 Å². The van der Waals surface area contributed by atoms with Gasteiger partial charge in [-0.3, -0.25) is 4.79 Å². The zero-order valence-corrected chi connectivity index (χ0v) is 15.5. The lowest BCUT2D eigenvalue weighted by Gasteiger charge is -2.30. The lowest BCUT2D eigenvalue weighted by atomic mass is 10.00. The molecule has 1 aliphatic heterocycles. The van der Waals surface area contributed by atoms with Crippen LogP contribution in [0, 0.1) is 12.8 Å². The molecule has 1 aromatic carbocycles. The number of aromatic nitrogens is 2. The fraction of sp³-hybridized carbons (Fsp3) is 0.389. The number of carbonyl (C=O) groups excluding carboxylic acids is 1. The highest BCUT2D eigenvalue weighted by Gasteiger charge is 2.23. The number of amides is 1. The first-order chi connectivity index (χ1) is 11.5. The molecular formula is C18H21BrN4O. The summed E-state index contributed by atoms with van der Waals surface area (Å²) < 4.78 is 1.02. The maximum atomic E-state index is 12.7. The van der Waals surface area contributed by atoms with Gasteiger partial charge in [-0.25, -0.2) is 9.97 Å². The average Bonchev–Trinajstić information content (AvgIpc) is 2.57. The molecule has 6 heteroatoms. The number of likely N-dealkylation sites (tertiary alicyclic amines) is 1. The van der Waals surface area contributed by atoms with Crippen LogP contribution in [0.1, 0.15) is 35.8 Å². The minimum Gasteiger partial charge on any atom is -0.337 e. The number of nitrogens with one attached hydrogen (secondary N) is 1. The molecule has 1 saturated heterocycles. The summed E-state index contributed by atoms with van der Waals surface area (Å²) in [6.45, 7) is 5.80. The van der Waals surface area contributed by atoms with Gasteiger partial charge in [0.1, 0.15) is 5.69 Å². The third-order valence-electron chi connectivity index (χ3n) is 4.25. The Bertz CT molecular complexity index is 750. The molecule has 1 fully saturated rings. The number of nitrogens with zero attached hydrogens (tertiary/aromatic N) is 3. The van der Waals surface area contributed by atoms with E-state index in [9.17, 15) is 4.79 Å². The predicted octanol–water partition coefficient (Wildman–Crippen LogP) is 4.16. The SMILES string of the molecule is Cc1cc(Br)ccc1Nc1nccc(C(=O)N2CCCC(C)C2)n1. The summed E-state index contributed by atoms with van der Waals surface area (Å²) in [6, 6.07) is 7.62. The number of benzene rings is 1. The molecule has 0 bridgehead atoms. The van der Waals surface area contributed by atoms with E-state index < -0.39 is 0 Å². The fourth-order valence-electron chi connectivity index (χ4n) is 2.96. The van der Waals surface area contributed by atoms with E-state index in [-0.39, 0.29) is 5.91 Å². The van der Waals surface area contributed by atoms with Gasteiger partial charge in [-0.2, -0.15) is 0 Å². The molecule has 1 unspecified atom stereocenters. The molecule has 2 heterocycles. The largest absolute Gasteiger partial charge is 0.337 e. The van der Waals surface area contributed by atoms with Crippen LogP contribution >= 0.6 is 15.9 Å². The highest BCUT2D eigenvalue weighted by molar-refractivity contribution is 9.10. The molecule has 3 rings (SSSR count). The Balaban J connectivity index is 1.77. The Morgan fingerprint density at radius 1 is 1.38 bits per heavy atom. The van der Waals surface area contributed by atoms with Gasteiger partial charge in [0.25, 0.3) is 5.91 Å². The molecule has 0 saturated carbocycles. The summed E-state index contributed by atoms with van der Waals surface area (Å²) in [4.78, 5) is 23.2. The van der Waals surface area contributed by atoms with Crippen molar-refractivity contribution in [2.45, 2.75) is 26.7 Å². The normalized spacial score (nSPS) is 17.6. The number of hydrogen-bond acceptors (Lipinski definition) is 4. The molecule has 1 amide bonds. The molecule has 1 aromatic heterocycles. The zero-order valence-electron chi connectivity index (χ0n) is 13.9. The number of hydrogen-bond donors (Lipinski definition) is 1. The summed E-state index contributed by atoms with van der Waals surface area (Å²) in [7, 11) is 0. The number of carbonyl (C=O) groups is 1. The third-order valence-corrected chi connectivity index (χ3v) is 4.75. The molecule has 24 heavy (non-hydrogen) atoms. The average molecular weight is 389 g/mol. The van der Waals surface area contributed by atoms with Crippen LogP contribution < -0.4 is 5.32 Å². The fourth-order valence-corrected chi connectivity index (χ4v) is 3.44. The van der Waals surface area contributed by atoms with Crippen molar-refractivity contribution < 1.29 is 4.79 Å². The van der Waals surface area contributed by atoms with Gasteiger partial charge in [0, 0.05) is 29.4 Å².